The van der Waals surface area contributed by atoms with Crippen LogP contribution in [0.1, 0.15) is 31.2 Å². The van der Waals surface area contributed by atoms with Gasteiger partial charge < -0.3 is 10.2 Å². The van der Waals surface area contributed by atoms with Crippen molar-refractivity contribution in [2.75, 3.05) is 23.8 Å². The van der Waals surface area contributed by atoms with Gasteiger partial charge in [0.05, 0.1) is 0 Å². The summed E-state index contributed by atoms with van der Waals surface area (Å²) in [5.74, 6) is 1.90. The van der Waals surface area contributed by atoms with Crippen LogP contribution in [0.4, 0.5) is 11.6 Å². The lowest BCUT2D eigenvalue weighted by atomic mass is 10.2. The number of hydrogen-bond donors (Lipinski definition) is 1. The van der Waals surface area contributed by atoms with Crippen molar-refractivity contribution in [3.63, 3.8) is 0 Å². The quantitative estimate of drug-likeness (QED) is 0.888. The highest BCUT2D eigenvalue weighted by molar-refractivity contribution is 5.48. The Balaban J connectivity index is 1.58. The largest absolute Gasteiger partial charge is 0.367 e. The van der Waals surface area contributed by atoms with Gasteiger partial charge in [-0.25, -0.2) is 9.97 Å². The van der Waals surface area contributed by atoms with Crippen LogP contribution in [-0.4, -0.2) is 34.6 Å². The maximum Gasteiger partial charge on any atom is 0.133 e. The number of rotatable bonds is 6. The van der Waals surface area contributed by atoms with Crippen molar-refractivity contribution in [1.29, 1.82) is 0 Å². The second kappa shape index (κ2) is 7.20. The number of anilines is 2. The van der Waals surface area contributed by atoms with Gasteiger partial charge >= 0.3 is 0 Å². The molecular formula is C17H23N5. The van der Waals surface area contributed by atoms with Gasteiger partial charge in [-0.15, -0.1) is 0 Å². The summed E-state index contributed by atoms with van der Waals surface area (Å²) < 4.78 is 0. The third-order valence-corrected chi connectivity index (χ3v) is 4.24. The fraction of sp³-hybridized carbons (Fsp3) is 0.471. The van der Waals surface area contributed by atoms with E-state index in [1.807, 2.05) is 18.5 Å². The lowest BCUT2D eigenvalue weighted by molar-refractivity contribution is 0.749. The molecule has 1 N–H and O–H groups in total. The van der Waals surface area contributed by atoms with E-state index in [-0.39, 0.29) is 0 Å². The van der Waals surface area contributed by atoms with Crippen LogP contribution in [0.25, 0.3) is 0 Å². The van der Waals surface area contributed by atoms with E-state index < -0.39 is 0 Å². The van der Waals surface area contributed by atoms with Gasteiger partial charge in [0, 0.05) is 38.1 Å². The summed E-state index contributed by atoms with van der Waals surface area (Å²) in [5.41, 5.74) is 1.29. The van der Waals surface area contributed by atoms with E-state index in [1.165, 1.54) is 31.2 Å². The number of nitrogens with one attached hydrogen (secondary N) is 1. The summed E-state index contributed by atoms with van der Waals surface area (Å²) in [6.07, 6.45) is 11.4. The first-order valence-corrected chi connectivity index (χ1v) is 8.00. The van der Waals surface area contributed by atoms with E-state index in [0.29, 0.717) is 6.04 Å². The fourth-order valence-corrected chi connectivity index (χ4v) is 2.87. The Kier molecular flexibility index (Phi) is 4.83. The molecule has 0 spiro atoms. The first kappa shape index (κ1) is 14.8. The van der Waals surface area contributed by atoms with Gasteiger partial charge in [0.25, 0.3) is 0 Å². The van der Waals surface area contributed by atoms with Crippen LogP contribution in [0.2, 0.25) is 0 Å². The second-order valence-electron chi connectivity index (χ2n) is 5.91. The van der Waals surface area contributed by atoms with E-state index in [9.17, 15) is 0 Å². The molecule has 1 saturated carbocycles. The van der Waals surface area contributed by atoms with Crippen molar-refractivity contribution in [1.82, 2.24) is 15.0 Å². The highest BCUT2D eigenvalue weighted by Gasteiger charge is 2.15. The molecule has 0 bridgehead atoms. The maximum atomic E-state index is 4.39. The summed E-state index contributed by atoms with van der Waals surface area (Å²) >= 11 is 0. The lowest BCUT2D eigenvalue weighted by Gasteiger charge is -2.19. The third-order valence-electron chi connectivity index (χ3n) is 4.24. The molecule has 2 aromatic heterocycles. The molecule has 22 heavy (non-hydrogen) atoms. The molecule has 5 heteroatoms. The number of hydrogen-bond acceptors (Lipinski definition) is 5. The van der Waals surface area contributed by atoms with Gasteiger partial charge in [0.15, 0.2) is 0 Å². The topological polar surface area (TPSA) is 53.9 Å². The molecule has 1 aliphatic rings. The van der Waals surface area contributed by atoms with Crippen molar-refractivity contribution in [2.24, 2.45) is 0 Å². The van der Waals surface area contributed by atoms with Gasteiger partial charge in [-0.3, -0.25) is 4.98 Å². The molecule has 2 aromatic rings. The molecule has 3 rings (SSSR count). The molecule has 1 aliphatic carbocycles. The zero-order chi connectivity index (χ0) is 15.2. The maximum absolute atomic E-state index is 4.39. The molecule has 116 valence electrons. The SMILES string of the molecule is CN(CCc1ccncc1)c1cc(NC2CCCC2)ncn1. The Morgan fingerprint density at radius 1 is 1.18 bits per heavy atom. The van der Waals surface area contributed by atoms with E-state index in [2.05, 4.69) is 44.3 Å². The third kappa shape index (κ3) is 3.93. The predicted molar refractivity (Wildman–Crippen MR) is 89.1 cm³/mol. The molecule has 0 atom stereocenters. The molecule has 0 amide bonds. The first-order valence-electron chi connectivity index (χ1n) is 8.00. The van der Waals surface area contributed by atoms with Gasteiger partial charge in [-0.05, 0) is 37.0 Å². The highest BCUT2D eigenvalue weighted by Crippen LogP contribution is 2.22. The van der Waals surface area contributed by atoms with Crippen molar-refractivity contribution in [2.45, 2.75) is 38.1 Å². The van der Waals surface area contributed by atoms with Crippen molar-refractivity contribution < 1.29 is 0 Å². The molecule has 0 unspecified atom stereocenters. The summed E-state index contributed by atoms with van der Waals surface area (Å²) in [5, 5.41) is 3.52. The minimum atomic E-state index is 0.574. The van der Waals surface area contributed by atoms with Crippen molar-refractivity contribution in [3.05, 3.63) is 42.5 Å². The monoisotopic (exact) mass is 297 g/mol. The van der Waals surface area contributed by atoms with Gasteiger partial charge in [-0.2, -0.15) is 0 Å². The zero-order valence-corrected chi connectivity index (χ0v) is 13.1. The summed E-state index contributed by atoms with van der Waals surface area (Å²) in [6.45, 7) is 0.921. The Bertz CT molecular complexity index is 581. The summed E-state index contributed by atoms with van der Waals surface area (Å²) in [4.78, 5) is 15.0. The molecule has 5 nitrogen and oxygen atoms in total. The Morgan fingerprint density at radius 2 is 1.95 bits per heavy atom. The van der Waals surface area contributed by atoms with E-state index in [0.717, 1.165) is 24.6 Å². The molecular weight excluding hydrogens is 274 g/mol. The van der Waals surface area contributed by atoms with E-state index in [4.69, 9.17) is 0 Å². The minimum absolute atomic E-state index is 0.574. The zero-order valence-electron chi connectivity index (χ0n) is 13.1. The van der Waals surface area contributed by atoms with Crippen LogP contribution in [0.15, 0.2) is 36.9 Å². The number of pyridine rings is 1. The van der Waals surface area contributed by atoms with E-state index in [1.54, 1.807) is 6.33 Å². The van der Waals surface area contributed by atoms with Crippen LogP contribution in [0.3, 0.4) is 0 Å². The Morgan fingerprint density at radius 3 is 2.73 bits per heavy atom. The standard InChI is InChI=1S/C17H23N5/c1-22(11-8-14-6-9-18-10-7-14)17-12-16(19-13-20-17)21-15-4-2-3-5-15/h6-7,9-10,12-13,15H,2-5,8,11H2,1H3,(H,19,20,21). The molecule has 0 radical (unpaired) electrons. The van der Waals surface area contributed by atoms with Crippen LogP contribution in [-0.2, 0) is 6.42 Å². The lowest BCUT2D eigenvalue weighted by Crippen LogP contribution is -2.22. The molecule has 2 heterocycles. The van der Waals surface area contributed by atoms with Crippen LogP contribution in [0, 0.1) is 0 Å². The highest BCUT2D eigenvalue weighted by atomic mass is 15.2. The van der Waals surface area contributed by atoms with Gasteiger partial charge in [-0.1, -0.05) is 12.8 Å². The average Bonchev–Trinajstić information content (AvgIpc) is 3.07. The smallest absolute Gasteiger partial charge is 0.133 e. The normalized spacial score (nSPS) is 15.0. The summed E-state index contributed by atoms with van der Waals surface area (Å²) in [7, 11) is 2.07. The number of likely N-dealkylation sites (N-methyl/N-ethyl adjacent to an activating group) is 1. The van der Waals surface area contributed by atoms with Crippen LogP contribution in [0.5, 0.6) is 0 Å². The van der Waals surface area contributed by atoms with Gasteiger partial charge in [0.1, 0.15) is 18.0 Å². The second-order valence-corrected chi connectivity index (χ2v) is 5.91. The predicted octanol–water partition coefficient (Wildman–Crippen LogP) is 2.91. The summed E-state index contributed by atoms with van der Waals surface area (Å²) in [6, 6.07) is 6.73. The van der Waals surface area contributed by atoms with Crippen LogP contribution >= 0.6 is 0 Å². The van der Waals surface area contributed by atoms with Crippen molar-refractivity contribution >= 4 is 11.6 Å². The minimum Gasteiger partial charge on any atom is -0.367 e. The molecule has 0 aromatic carbocycles. The van der Waals surface area contributed by atoms with Crippen molar-refractivity contribution in [3.8, 4) is 0 Å². The number of aromatic nitrogens is 3. The fourth-order valence-electron chi connectivity index (χ4n) is 2.87. The molecule has 0 aliphatic heterocycles. The molecule has 0 saturated heterocycles. The Labute approximate surface area is 131 Å². The molecule has 1 fully saturated rings. The van der Waals surface area contributed by atoms with Gasteiger partial charge in [0.2, 0.25) is 0 Å². The van der Waals surface area contributed by atoms with Crippen LogP contribution < -0.4 is 10.2 Å². The Hall–Kier alpha value is -2.17. The average molecular weight is 297 g/mol. The first-order chi connectivity index (χ1) is 10.8. The number of nitrogens with zero attached hydrogens (tertiary/aromatic N) is 4. The van der Waals surface area contributed by atoms with E-state index >= 15 is 0 Å².